The van der Waals surface area contributed by atoms with E-state index in [-0.39, 0.29) is 0 Å². The fourth-order valence-corrected chi connectivity index (χ4v) is 2.21. The maximum atomic E-state index is 6.22. The standard InChI is InChI=1S/C12H15ClN2S/c1-15(7-8-2-3-8)11-5-4-9(12(14)16)6-10(11)13/h4-6,8H,2-3,7H2,1H3,(H2,14,16). The maximum Gasteiger partial charge on any atom is 0.104 e. The Hall–Kier alpha value is -0.800. The molecule has 1 aliphatic carbocycles. The number of hydrogen-bond acceptors (Lipinski definition) is 2. The quantitative estimate of drug-likeness (QED) is 0.838. The van der Waals surface area contributed by atoms with Crippen molar-refractivity contribution in [2.24, 2.45) is 11.7 Å². The molecule has 2 nitrogen and oxygen atoms in total. The third-order valence-corrected chi connectivity index (χ3v) is 3.41. The normalized spacial score (nSPS) is 14.9. The molecule has 0 spiro atoms. The topological polar surface area (TPSA) is 29.3 Å². The largest absolute Gasteiger partial charge is 0.389 e. The molecular weight excluding hydrogens is 240 g/mol. The van der Waals surface area contributed by atoms with Crippen molar-refractivity contribution >= 4 is 34.5 Å². The van der Waals surface area contributed by atoms with Gasteiger partial charge in [0.25, 0.3) is 0 Å². The third-order valence-electron chi connectivity index (χ3n) is 2.87. The van der Waals surface area contributed by atoms with Crippen molar-refractivity contribution in [2.45, 2.75) is 12.8 Å². The SMILES string of the molecule is CN(CC1CC1)c1ccc(C(N)=S)cc1Cl. The summed E-state index contributed by atoms with van der Waals surface area (Å²) in [5, 5.41) is 0.716. The van der Waals surface area contributed by atoms with Crippen LogP contribution in [0.5, 0.6) is 0 Å². The van der Waals surface area contributed by atoms with Crippen LogP contribution in [-0.2, 0) is 0 Å². The van der Waals surface area contributed by atoms with Gasteiger partial charge in [-0.25, -0.2) is 0 Å². The van der Waals surface area contributed by atoms with Crippen LogP contribution in [0.4, 0.5) is 5.69 Å². The van der Waals surface area contributed by atoms with Gasteiger partial charge in [0.15, 0.2) is 0 Å². The Bertz CT molecular complexity index is 415. The molecule has 0 aliphatic heterocycles. The van der Waals surface area contributed by atoms with Gasteiger partial charge in [-0.3, -0.25) is 0 Å². The van der Waals surface area contributed by atoms with Gasteiger partial charge >= 0.3 is 0 Å². The van der Waals surface area contributed by atoms with Gasteiger partial charge in [-0.2, -0.15) is 0 Å². The van der Waals surface area contributed by atoms with E-state index in [1.807, 2.05) is 18.2 Å². The van der Waals surface area contributed by atoms with Gasteiger partial charge in [0.1, 0.15) is 4.99 Å². The van der Waals surface area contributed by atoms with Gasteiger partial charge in [0.05, 0.1) is 10.7 Å². The molecule has 86 valence electrons. The van der Waals surface area contributed by atoms with Crippen LogP contribution in [0, 0.1) is 5.92 Å². The molecule has 1 fully saturated rings. The van der Waals surface area contributed by atoms with E-state index < -0.39 is 0 Å². The number of nitrogens with zero attached hydrogens (tertiary/aromatic N) is 1. The number of thiocarbonyl (C=S) groups is 1. The molecule has 0 radical (unpaired) electrons. The highest BCUT2D eigenvalue weighted by Crippen LogP contribution is 2.33. The number of benzene rings is 1. The van der Waals surface area contributed by atoms with Crippen LogP contribution in [-0.4, -0.2) is 18.6 Å². The highest BCUT2D eigenvalue weighted by Gasteiger charge is 2.23. The summed E-state index contributed by atoms with van der Waals surface area (Å²) in [6.45, 7) is 1.08. The first-order valence-corrected chi connectivity index (χ1v) is 6.17. The Labute approximate surface area is 106 Å². The van der Waals surface area contributed by atoms with Crippen molar-refractivity contribution < 1.29 is 0 Å². The molecule has 1 aliphatic rings. The average molecular weight is 255 g/mol. The van der Waals surface area contributed by atoms with Crippen molar-refractivity contribution in [2.75, 3.05) is 18.5 Å². The predicted molar refractivity (Wildman–Crippen MR) is 73.3 cm³/mol. The number of nitrogens with two attached hydrogens (primary N) is 1. The summed E-state index contributed by atoms with van der Waals surface area (Å²) >= 11 is 11.1. The highest BCUT2D eigenvalue weighted by atomic mass is 35.5. The minimum Gasteiger partial charge on any atom is -0.389 e. The van der Waals surface area contributed by atoms with Crippen LogP contribution >= 0.6 is 23.8 Å². The highest BCUT2D eigenvalue weighted by molar-refractivity contribution is 7.80. The van der Waals surface area contributed by atoms with Crippen molar-refractivity contribution in [1.29, 1.82) is 0 Å². The van der Waals surface area contributed by atoms with E-state index in [9.17, 15) is 0 Å². The van der Waals surface area contributed by atoms with Crippen molar-refractivity contribution in [3.8, 4) is 0 Å². The fourth-order valence-electron chi connectivity index (χ4n) is 1.76. The zero-order chi connectivity index (χ0) is 11.7. The van der Waals surface area contributed by atoms with Gasteiger partial charge in [-0.05, 0) is 37.0 Å². The van der Waals surface area contributed by atoms with Crippen molar-refractivity contribution in [3.63, 3.8) is 0 Å². The average Bonchev–Trinajstić information content (AvgIpc) is 3.01. The van der Waals surface area contributed by atoms with Crippen LogP contribution in [0.25, 0.3) is 0 Å². The van der Waals surface area contributed by atoms with Crippen molar-refractivity contribution in [3.05, 3.63) is 28.8 Å². The molecule has 2 rings (SSSR count). The maximum absolute atomic E-state index is 6.22. The van der Waals surface area contributed by atoms with Gasteiger partial charge in [0, 0.05) is 19.2 Å². The lowest BCUT2D eigenvalue weighted by Crippen LogP contribution is -2.20. The van der Waals surface area contributed by atoms with Crippen LogP contribution < -0.4 is 10.6 Å². The Kier molecular flexibility index (Phi) is 3.36. The minimum atomic E-state index is 0.387. The monoisotopic (exact) mass is 254 g/mol. The Morgan fingerprint density at radius 3 is 2.75 bits per heavy atom. The number of halogens is 1. The summed E-state index contributed by atoms with van der Waals surface area (Å²) in [4.78, 5) is 2.59. The smallest absolute Gasteiger partial charge is 0.104 e. The summed E-state index contributed by atoms with van der Waals surface area (Å²) < 4.78 is 0. The van der Waals surface area contributed by atoms with E-state index in [1.165, 1.54) is 12.8 Å². The molecule has 0 aromatic heterocycles. The summed E-state index contributed by atoms with van der Waals surface area (Å²) in [5.74, 6) is 0.844. The first-order chi connectivity index (χ1) is 7.58. The van der Waals surface area contributed by atoms with E-state index in [2.05, 4.69) is 11.9 Å². The summed E-state index contributed by atoms with van der Waals surface area (Å²) in [7, 11) is 2.07. The lowest BCUT2D eigenvalue weighted by Gasteiger charge is -2.20. The fraction of sp³-hybridized carbons (Fsp3) is 0.417. The van der Waals surface area contributed by atoms with E-state index in [1.54, 1.807) is 0 Å². The lowest BCUT2D eigenvalue weighted by molar-refractivity contribution is 0.787. The van der Waals surface area contributed by atoms with Gasteiger partial charge in [-0.15, -0.1) is 0 Å². The summed E-state index contributed by atoms with van der Waals surface area (Å²) in [6, 6.07) is 5.74. The minimum absolute atomic E-state index is 0.387. The zero-order valence-corrected chi connectivity index (χ0v) is 10.8. The second-order valence-corrected chi connectivity index (χ2v) is 5.20. The second-order valence-electron chi connectivity index (χ2n) is 4.35. The first-order valence-electron chi connectivity index (χ1n) is 5.38. The molecule has 1 saturated carbocycles. The molecule has 0 saturated heterocycles. The van der Waals surface area contributed by atoms with Gasteiger partial charge < -0.3 is 10.6 Å². The lowest BCUT2D eigenvalue weighted by atomic mass is 10.2. The summed E-state index contributed by atoms with van der Waals surface area (Å²) in [5.41, 5.74) is 7.43. The van der Waals surface area contributed by atoms with Crippen LogP contribution in [0.15, 0.2) is 18.2 Å². The molecule has 0 amide bonds. The number of anilines is 1. The van der Waals surface area contributed by atoms with Crippen molar-refractivity contribution in [1.82, 2.24) is 0 Å². The molecule has 0 bridgehead atoms. The van der Waals surface area contributed by atoms with E-state index in [0.717, 1.165) is 23.7 Å². The Balaban J connectivity index is 2.17. The molecule has 4 heteroatoms. The molecule has 2 N–H and O–H groups in total. The number of hydrogen-bond donors (Lipinski definition) is 1. The van der Waals surface area contributed by atoms with Gasteiger partial charge in [-0.1, -0.05) is 23.8 Å². The molecule has 0 unspecified atom stereocenters. The molecule has 1 aromatic carbocycles. The molecular formula is C12H15ClN2S. The van der Waals surface area contributed by atoms with E-state index in [0.29, 0.717) is 10.0 Å². The third kappa shape index (κ3) is 2.66. The second kappa shape index (κ2) is 4.60. The molecule has 0 heterocycles. The van der Waals surface area contributed by atoms with Crippen LogP contribution in [0.1, 0.15) is 18.4 Å². The Morgan fingerprint density at radius 1 is 1.56 bits per heavy atom. The first kappa shape index (κ1) is 11.7. The number of rotatable bonds is 4. The Morgan fingerprint density at radius 2 is 2.25 bits per heavy atom. The van der Waals surface area contributed by atoms with Gasteiger partial charge in [0.2, 0.25) is 0 Å². The van der Waals surface area contributed by atoms with Crippen LogP contribution in [0.2, 0.25) is 5.02 Å². The van der Waals surface area contributed by atoms with E-state index >= 15 is 0 Å². The zero-order valence-electron chi connectivity index (χ0n) is 9.24. The molecule has 0 atom stereocenters. The summed E-state index contributed by atoms with van der Waals surface area (Å²) in [6.07, 6.45) is 2.68. The van der Waals surface area contributed by atoms with Crippen LogP contribution in [0.3, 0.4) is 0 Å². The predicted octanol–water partition coefficient (Wildman–Crippen LogP) is 2.82. The molecule has 1 aromatic rings. The molecule has 16 heavy (non-hydrogen) atoms. The van der Waals surface area contributed by atoms with E-state index in [4.69, 9.17) is 29.6 Å².